The van der Waals surface area contributed by atoms with Crippen molar-refractivity contribution in [1.82, 2.24) is 0 Å². The van der Waals surface area contributed by atoms with Gasteiger partial charge in [0.25, 0.3) is 0 Å². The number of para-hydroxylation sites is 1. The third-order valence-corrected chi connectivity index (χ3v) is 2.46. The van der Waals surface area contributed by atoms with Crippen LogP contribution in [0.1, 0.15) is 5.56 Å². The fourth-order valence-electron chi connectivity index (χ4n) is 1.42. The maximum absolute atomic E-state index is 9.63. The van der Waals surface area contributed by atoms with Gasteiger partial charge < -0.3 is 19.3 Å². The molecule has 1 heterocycles. The topological polar surface area (TPSA) is 75.0 Å². The van der Waals surface area contributed by atoms with E-state index in [1.54, 1.807) is 24.3 Å². The first kappa shape index (κ1) is 12.8. The molecule has 5 nitrogen and oxygen atoms in total. The van der Waals surface area contributed by atoms with Crippen molar-refractivity contribution in [2.75, 3.05) is 26.4 Å². The van der Waals surface area contributed by atoms with Crippen molar-refractivity contribution in [3.63, 3.8) is 0 Å². The van der Waals surface area contributed by atoms with Crippen LogP contribution in [-0.2, 0) is 9.47 Å². The number of aliphatic hydroxyl groups is 1. The first-order valence-corrected chi connectivity index (χ1v) is 5.79. The molecule has 1 aliphatic rings. The molecule has 0 aliphatic carbocycles. The molecule has 0 saturated carbocycles. The van der Waals surface area contributed by atoms with Crippen molar-refractivity contribution in [3.05, 3.63) is 29.8 Å². The molecule has 1 fully saturated rings. The molecule has 1 saturated heterocycles. The Morgan fingerprint density at radius 3 is 2.94 bits per heavy atom. The van der Waals surface area contributed by atoms with Crippen molar-refractivity contribution in [2.24, 2.45) is 0 Å². The van der Waals surface area contributed by atoms with E-state index in [1.165, 1.54) is 0 Å². The molecule has 1 aromatic rings. The van der Waals surface area contributed by atoms with E-state index in [-0.39, 0.29) is 19.3 Å². The number of nitrogens with zero attached hydrogens (tertiary/aromatic N) is 1. The summed E-state index contributed by atoms with van der Waals surface area (Å²) in [7, 11) is 0. The maximum Gasteiger partial charge on any atom is 0.137 e. The summed E-state index contributed by atoms with van der Waals surface area (Å²) in [6.45, 7) is 1.55. The third kappa shape index (κ3) is 4.00. The highest BCUT2D eigenvalue weighted by Gasteiger charge is 2.22. The summed E-state index contributed by atoms with van der Waals surface area (Å²) in [5.74, 6) is 0.476. The lowest BCUT2D eigenvalue weighted by Crippen LogP contribution is -2.24. The molecule has 0 amide bonds. The first-order chi connectivity index (χ1) is 8.79. The van der Waals surface area contributed by atoms with Gasteiger partial charge in [-0.1, -0.05) is 12.1 Å². The van der Waals surface area contributed by atoms with Crippen LogP contribution in [0.3, 0.4) is 0 Å². The zero-order valence-electron chi connectivity index (χ0n) is 9.91. The molecule has 0 spiro atoms. The van der Waals surface area contributed by atoms with Crippen molar-refractivity contribution in [1.29, 1.82) is 5.26 Å². The standard InChI is InChI=1S/C13H15NO4/c14-5-10-3-1-2-4-13(10)18-7-11(15)6-16-8-12-9-17-12/h1-4,11-12,15H,6-9H2. The van der Waals surface area contributed by atoms with E-state index in [9.17, 15) is 5.11 Å². The van der Waals surface area contributed by atoms with Gasteiger partial charge in [0.05, 0.1) is 25.4 Å². The summed E-state index contributed by atoms with van der Waals surface area (Å²) >= 11 is 0. The van der Waals surface area contributed by atoms with Crippen LogP contribution in [0, 0.1) is 11.3 Å². The van der Waals surface area contributed by atoms with Crippen LogP contribution >= 0.6 is 0 Å². The van der Waals surface area contributed by atoms with Crippen LogP contribution in [-0.4, -0.2) is 43.7 Å². The molecular weight excluding hydrogens is 234 g/mol. The number of hydrogen-bond donors (Lipinski definition) is 1. The van der Waals surface area contributed by atoms with Crippen molar-refractivity contribution >= 4 is 0 Å². The van der Waals surface area contributed by atoms with Crippen LogP contribution in [0.5, 0.6) is 5.75 Å². The highest BCUT2D eigenvalue weighted by atomic mass is 16.6. The summed E-state index contributed by atoms with van der Waals surface area (Å²) in [5.41, 5.74) is 0.456. The van der Waals surface area contributed by atoms with Crippen molar-refractivity contribution in [2.45, 2.75) is 12.2 Å². The molecule has 0 bridgehead atoms. The molecule has 2 rings (SSSR count). The van der Waals surface area contributed by atoms with Gasteiger partial charge in [-0.2, -0.15) is 5.26 Å². The summed E-state index contributed by atoms with van der Waals surface area (Å²) in [4.78, 5) is 0. The van der Waals surface area contributed by atoms with Gasteiger partial charge in [-0.25, -0.2) is 0 Å². The highest BCUT2D eigenvalue weighted by molar-refractivity contribution is 5.42. The first-order valence-electron chi connectivity index (χ1n) is 5.79. The number of rotatable bonds is 7. The molecule has 5 heteroatoms. The van der Waals surface area contributed by atoms with Gasteiger partial charge >= 0.3 is 0 Å². The number of benzene rings is 1. The van der Waals surface area contributed by atoms with Crippen molar-refractivity contribution in [3.8, 4) is 11.8 Å². The molecule has 0 aromatic heterocycles. The van der Waals surface area contributed by atoms with Crippen LogP contribution in [0.4, 0.5) is 0 Å². The predicted molar refractivity (Wildman–Crippen MR) is 63.2 cm³/mol. The van der Waals surface area contributed by atoms with Crippen LogP contribution < -0.4 is 4.74 Å². The summed E-state index contributed by atoms with van der Waals surface area (Å²) in [5, 5.41) is 18.5. The Labute approximate surface area is 106 Å². The minimum atomic E-state index is -0.713. The Morgan fingerprint density at radius 2 is 2.22 bits per heavy atom. The summed E-state index contributed by atoms with van der Waals surface area (Å²) < 4.78 is 15.6. The van der Waals surface area contributed by atoms with E-state index in [0.717, 1.165) is 6.61 Å². The molecule has 1 aliphatic heterocycles. The lowest BCUT2D eigenvalue weighted by atomic mass is 10.2. The Bertz CT molecular complexity index is 425. The monoisotopic (exact) mass is 249 g/mol. The third-order valence-electron chi connectivity index (χ3n) is 2.46. The largest absolute Gasteiger partial charge is 0.489 e. The van der Waals surface area contributed by atoms with Crippen LogP contribution in [0.15, 0.2) is 24.3 Å². The van der Waals surface area contributed by atoms with Gasteiger partial charge in [0.2, 0.25) is 0 Å². The number of aliphatic hydroxyl groups excluding tert-OH is 1. The van der Waals surface area contributed by atoms with E-state index in [2.05, 4.69) is 0 Å². The number of epoxide rings is 1. The maximum atomic E-state index is 9.63. The Morgan fingerprint density at radius 1 is 1.44 bits per heavy atom. The van der Waals surface area contributed by atoms with E-state index < -0.39 is 6.10 Å². The van der Waals surface area contributed by atoms with Crippen LogP contribution in [0.25, 0.3) is 0 Å². The molecule has 96 valence electrons. The van der Waals surface area contributed by atoms with Gasteiger partial charge in [0.1, 0.15) is 30.6 Å². The quantitative estimate of drug-likeness (QED) is 0.720. The minimum absolute atomic E-state index is 0.101. The molecular formula is C13H15NO4. The van der Waals surface area contributed by atoms with E-state index in [0.29, 0.717) is 17.9 Å². The SMILES string of the molecule is N#Cc1ccccc1OCC(O)COCC1CO1. The Kier molecular flexibility index (Phi) is 4.53. The Hall–Kier alpha value is -1.61. The van der Waals surface area contributed by atoms with Crippen LogP contribution in [0.2, 0.25) is 0 Å². The summed E-state index contributed by atoms with van der Waals surface area (Å²) in [6.07, 6.45) is -0.520. The zero-order chi connectivity index (χ0) is 12.8. The second-order valence-electron chi connectivity index (χ2n) is 4.07. The second kappa shape index (κ2) is 6.36. The number of hydrogen-bond acceptors (Lipinski definition) is 5. The number of ether oxygens (including phenoxy) is 3. The predicted octanol–water partition coefficient (Wildman–Crippen LogP) is 0.713. The smallest absolute Gasteiger partial charge is 0.137 e. The lowest BCUT2D eigenvalue weighted by molar-refractivity contribution is 0.00756. The molecule has 18 heavy (non-hydrogen) atoms. The fourth-order valence-corrected chi connectivity index (χ4v) is 1.42. The van der Waals surface area contributed by atoms with Gasteiger partial charge in [-0.3, -0.25) is 0 Å². The molecule has 1 aromatic carbocycles. The Balaban J connectivity index is 1.70. The fraction of sp³-hybridized carbons (Fsp3) is 0.462. The summed E-state index contributed by atoms with van der Waals surface area (Å²) in [6, 6.07) is 8.94. The van der Waals surface area contributed by atoms with E-state index >= 15 is 0 Å². The van der Waals surface area contributed by atoms with E-state index in [4.69, 9.17) is 19.5 Å². The second-order valence-corrected chi connectivity index (χ2v) is 4.07. The molecule has 2 atom stereocenters. The lowest BCUT2D eigenvalue weighted by Gasteiger charge is -2.13. The highest BCUT2D eigenvalue weighted by Crippen LogP contribution is 2.16. The van der Waals surface area contributed by atoms with Gasteiger partial charge in [0, 0.05) is 0 Å². The zero-order valence-corrected chi connectivity index (χ0v) is 9.91. The molecule has 1 N–H and O–H groups in total. The normalized spacial score (nSPS) is 19.0. The average Bonchev–Trinajstić information content (AvgIpc) is 3.21. The molecule has 2 unspecified atom stereocenters. The van der Waals surface area contributed by atoms with Gasteiger partial charge in [0.15, 0.2) is 0 Å². The average molecular weight is 249 g/mol. The van der Waals surface area contributed by atoms with Crippen molar-refractivity contribution < 1.29 is 19.3 Å². The molecule has 0 radical (unpaired) electrons. The van der Waals surface area contributed by atoms with Gasteiger partial charge in [-0.05, 0) is 12.1 Å². The number of nitriles is 1. The van der Waals surface area contributed by atoms with Gasteiger partial charge in [-0.15, -0.1) is 0 Å². The van der Waals surface area contributed by atoms with E-state index in [1.807, 2.05) is 6.07 Å². The minimum Gasteiger partial charge on any atom is -0.489 e.